The van der Waals surface area contributed by atoms with Crippen molar-refractivity contribution in [3.63, 3.8) is 0 Å². The minimum Gasteiger partial charge on any atom is -0.405 e. The van der Waals surface area contributed by atoms with Gasteiger partial charge in [-0.1, -0.05) is 6.07 Å². The number of H-pyrrole nitrogens is 1. The summed E-state index contributed by atoms with van der Waals surface area (Å²) in [6, 6.07) is 8.00. The van der Waals surface area contributed by atoms with Gasteiger partial charge in [0.05, 0.1) is 24.0 Å². The Labute approximate surface area is 215 Å². The van der Waals surface area contributed by atoms with Crippen molar-refractivity contribution in [1.29, 1.82) is 0 Å². The van der Waals surface area contributed by atoms with Gasteiger partial charge in [0.1, 0.15) is 18.4 Å². The van der Waals surface area contributed by atoms with Gasteiger partial charge in [-0.25, -0.2) is 0 Å². The highest BCUT2D eigenvalue weighted by molar-refractivity contribution is 5.93. The first-order valence-corrected chi connectivity index (χ1v) is 11.8. The van der Waals surface area contributed by atoms with Crippen LogP contribution in [0.15, 0.2) is 49.2 Å². The molecule has 4 rings (SSSR count). The molecule has 0 aliphatic rings. The predicted octanol–water partition coefficient (Wildman–Crippen LogP) is 2.63. The predicted molar refractivity (Wildman–Crippen MR) is 132 cm³/mol. The maximum absolute atomic E-state index is 12.4. The summed E-state index contributed by atoms with van der Waals surface area (Å²) < 4.78 is 43.0. The standard InChI is InChI=1S/C24H27F3N8O3/c25-24(26,27)38-22-3-2-16(8-17(22)13-36)11-28-7-4-23(37)30-6-1-5-29-20-9-18(35-14-32-33-15-35)10-21-19(20)12-31-34-21/h2-3,8-10,12,14-15,28-29,36H,1,4-7,11,13H2,(H,30,37)(H,31,34). The Morgan fingerprint density at radius 1 is 1.11 bits per heavy atom. The molecule has 0 aliphatic heterocycles. The number of alkyl halides is 3. The number of hydrogen-bond acceptors (Lipinski definition) is 8. The van der Waals surface area contributed by atoms with Gasteiger partial charge in [-0.2, -0.15) is 5.10 Å². The third kappa shape index (κ3) is 7.43. The monoisotopic (exact) mass is 532 g/mol. The van der Waals surface area contributed by atoms with E-state index in [0.717, 1.165) is 22.3 Å². The zero-order chi connectivity index (χ0) is 27.0. The molecule has 2 aromatic carbocycles. The van der Waals surface area contributed by atoms with Crippen LogP contribution < -0.4 is 20.7 Å². The maximum Gasteiger partial charge on any atom is 0.573 e. The molecule has 0 aliphatic carbocycles. The Morgan fingerprint density at radius 3 is 2.68 bits per heavy atom. The SMILES string of the molecule is O=C(CCNCc1ccc(OC(F)(F)F)c(CO)c1)NCCCNc1cc(-n2cnnc2)cc2[nH]ncc12. The van der Waals surface area contributed by atoms with E-state index in [4.69, 9.17) is 0 Å². The summed E-state index contributed by atoms with van der Waals surface area (Å²) in [5, 5.41) is 34.3. The van der Waals surface area contributed by atoms with Gasteiger partial charge >= 0.3 is 6.36 Å². The summed E-state index contributed by atoms with van der Waals surface area (Å²) >= 11 is 0. The normalized spacial score (nSPS) is 11.6. The number of nitrogens with one attached hydrogen (secondary N) is 4. The molecule has 0 saturated carbocycles. The number of carbonyl (C=O) groups excluding carboxylic acids is 1. The van der Waals surface area contributed by atoms with Crippen molar-refractivity contribution in [3.05, 3.63) is 60.3 Å². The minimum absolute atomic E-state index is 0.0342. The molecule has 4 aromatic rings. The Kier molecular flexibility index (Phi) is 8.76. The molecule has 0 atom stereocenters. The van der Waals surface area contributed by atoms with Crippen molar-refractivity contribution >= 4 is 22.5 Å². The lowest BCUT2D eigenvalue weighted by atomic mass is 10.1. The first-order valence-electron chi connectivity index (χ1n) is 11.8. The summed E-state index contributed by atoms with van der Waals surface area (Å²) in [7, 11) is 0. The van der Waals surface area contributed by atoms with Crippen LogP contribution in [0.2, 0.25) is 0 Å². The average molecular weight is 533 g/mol. The molecule has 5 N–H and O–H groups in total. The highest BCUT2D eigenvalue weighted by Gasteiger charge is 2.32. The van der Waals surface area contributed by atoms with Crippen LogP contribution in [0.4, 0.5) is 18.9 Å². The van der Waals surface area contributed by atoms with Crippen molar-refractivity contribution in [2.24, 2.45) is 0 Å². The van der Waals surface area contributed by atoms with E-state index in [1.54, 1.807) is 23.4 Å². The highest BCUT2D eigenvalue weighted by Crippen LogP contribution is 2.28. The molecule has 0 spiro atoms. The van der Waals surface area contributed by atoms with E-state index in [1.807, 2.05) is 12.1 Å². The zero-order valence-corrected chi connectivity index (χ0v) is 20.3. The van der Waals surface area contributed by atoms with Gasteiger partial charge in [-0.15, -0.1) is 23.4 Å². The number of aromatic amines is 1. The Morgan fingerprint density at radius 2 is 1.92 bits per heavy atom. The van der Waals surface area contributed by atoms with Crippen LogP contribution in [-0.2, 0) is 17.9 Å². The lowest BCUT2D eigenvalue weighted by Crippen LogP contribution is -2.29. The van der Waals surface area contributed by atoms with E-state index in [9.17, 15) is 23.1 Å². The molecule has 0 unspecified atom stereocenters. The highest BCUT2D eigenvalue weighted by atomic mass is 19.4. The fourth-order valence-electron chi connectivity index (χ4n) is 3.82. The molecular weight excluding hydrogens is 505 g/mol. The smallest absolute Gasteiger partial charge is 0.405 e. The van der Waals surface area contributed by atoms with Gasteiger partial charge in [0.15, 0.2) is 0 Å². The number of benzene rings is 2. The van der Waals surface area contributed by atoms with Crippen LogP contribution in [0.1, 0.15) is 24.0 Å². The molecule has 38 heavy (non-hydrogen) atoms. The third-order valence-corrected chi connectivity index (χ3v) is 5.63. The van der Waals surface area contributed by atoms with E-state index < -0.39 is 18.7 Å². The molecule has 11 nitrogen and oxygen atoms in total. The number of carbonyl (C=O) groups is 1. The van der Waals surface area contributed by atoms with Crippen LogP contribution in [-0.4, -0.2) is 62.0 Å². The van der Waals surface area contributed by atoms with Crippen LogP contribution in [0, 0.1) is 0 Å². The van der Waals surface area contributed by atoms with Crippen molar-refractivity contribution in [2.45, 2.75) is 32.4 Å². The maximum atomic E-state index is 12.4. The molecule has 1 amide bonds. The zero-order valence-electron chi connectivity index (χ0n) is 20.3. The molecule has 14 heteroatoms. The van der Waals surface area contributed by atoms with E-state index in [0.29, 0.717) is 38.2 Å². The van der Waals surface area contributed by atoms with E-state index in [1.165, 1.54) is 18.2 Å². The number of aliphatic hydroxyl groups is 1. The van der Waals surface area contributed by atoms with Gasteiger partial charge in [0, 0.05) is 49.2 Å². The Bertz CT molecular complexity index is 1340. The summed E-state index contributed by atoms with van der Waals surface area (Å²) in [4.78, 5) is 12.1. The molecule has 2 heterocycles. The summed E-state index contributed by atoms with van der Waals surface area (Å²) in [6.07, 6.45) is 1.08. The number of ether oxygens (including phenoxy) is 1. The topological polar surface area (TPSA) is 142 Å². The number of hydrogen-bond donors (Lipinski definition) is 5. The largest absolute Gasteiger partial charge is 0.573 e. The Hall–Kier alpha value is -4.17. The molecule has 202 valence electrons. The van der Waals surface area contributed by atoms with Crippen molar-refractivity contribution in [3.8, 4) is 11.4 Å². The van der Waals surface area contributed by atoms with Gasteiger partial charge in [-0.3, -0.25) is 14.5 Å². The first-order chi connectivity index (χ1) is 18.3. The fourth-order valence-corrected chi connectivity index (χ4v) is 3.82. The number of aliphatic hydroxyl groups excluding tert-OH is 1. The van der Waals surface area contributed by atoms with E-state index in [-0.39, 0.29) is 17.9 Å². The lowest BCUT2D eigenvalue weighted by molar-refractivity contribution is -0.275. The van der Waals surface area contributed by atoms with Crippen molar-refractivity contribution in [2.75, 3.05) is 25.0 Å². The number of amides is 1. The number of fused-ring (bicyclic) bond motifs is 1. The molecule has 0 saturated heterocycles. The van der Waals surface area contributed by atoms with E-state index >= 15 is 0 Å². The van der Waals surface area contributed by atoms with Crippen LogP contribution in [0.3, 0.4) is 0 Å². The minimum atomic E-state index is -4.83. The van der Waals surface area contributed by atoms with Gasteiger partial charge in [0.25, 0.3) is 0 Å². The van der Waals surface area contributed by atoms with Crippen molar-refractivity contribution in [1.82, 2.24) is 35.6 Å². The number of rotatable bonds is 13. The summed E-state index contributed by atoms with van der Waals surface area (Å²) in [6.45, 7) is 1.25. The summed E-state index contributed by atoms with van der Waals surface area (Å²) in [5.41, 5.74) is 3.35. The molecular formula is C24H27F3N8O3. The number of aromatic nitrogens is 5. The van der Waals surface area contributed by atoms with Crippen molar-refractivity contribution < 1.29 is 27.8 Å². The van der Waals surface area contributed by atoms with Crippen LogP contribution in [0.25, 0.3) is 16.6 Å². The van der Waals surface area contributed by atoms with Gasteiger partial charge in [0.2, 0.25) is 5.91 Å². The van der Waals surface area contributed by atoms with Gasteiger partial charge in [-0.05, 0) is 36.2 Å². The second-order valence-corrected chi connectivity index (χ2v) is 8.40. The van der Waals surface area contributed by atoms with Gasteiger partial charge < -0.3 is 25.8 Å². The molecule has 0 radical (unpaired) electrons. The second-order valence-electron chi connectivity index (χ2n) is 8.40. The second kappa shape index (κ2) is 12.4. The average Bonchev–Trinajstić information content (AvgIpc) is 3.58. The number of anilines is 1. The number of halogens is 3. The van der Waals surface area contributed by atoms with E-state index in [2.05, 4.69) is 41.1 Å². The van der Waals surface area contributed by atoms with Crippen LogP contribution >= 0.6 is 0 Å². The fraction of sp³-hybridized carbons (Fsp3) is 0.333. The lowest BCUT2D eigenvalue weighted by Gasteiger charge is -2.13. The quantitative estimate of drug-likeness (QED) is 0.166. The molecule has 0 bridgehead atoms. The first kappa shape index (κ1) is 26.9. The molecule has 0 fully saturated rings. The third-order valence-electron chi connectivity index (χ3n) is 5.63. The molecule has 2 aromatic heterocycles. The summed E-state index contributed by atoms with van der Waals surface area (Å²) in [5.74, 6) is -0.552. The number of nitrogens with zero attached hydrogens (tertiary/aromatic N) is 4. The van der Waals surface area contributed by atoms with Crippen LogP contribution in [0.5, 0.6) is 5.75 Å². The Balaban J connectivity index is 1.15.